The van der Waals surface area contributed by atoms with E-state index in [9.17, 15) is 9.90 Å². The van der Waals surface area contributed by atoms with E-state index in [4.69, 9.17) is 4.42 Å². The number of furan rings is 1. The molecule has 1 aromatic carbocycles. The summed E-state index contributed by atoms with van der Waals surface area (Å²) in [6.07, 6.45) is 0.330. The number of phenolic OH excluding ortho intramolecular Hbond substituents is 1. The standard InChI is InChI=1S/C18H24N2O3S/c1-20(2)12-16-7-8-17(23-16)13-24-10-9-19-18(22)11-14-3-5-15(21)6-4-14/h3-8,21H,9-13H2,1-2H3,(H,19,22). The molecule has 2 aromatic rings. The number of hydrogen-bond acceptors (Lipinski definition) is 5. The first-order valence-electron chi connectivity index (χ1n) is 7.87. The molecular weight excluding hydrogens is 324 g/mol. The molecule has 0 aliphatic rings. The summed E-state index contributed by atoms with van der Waals surface area (Å²) in [5, 5.41) is 12.1. The number of phenols is 1. The summed E-state index contributed by atoms with van der Waals surface area (Å²) in [5.41, 5.74) is 0.891. The Balaban J connectivity index is 1.60. The number of amides is 1. The van der Waals surface area contributed by atoms with Gasteiger partial charge in [0.25, 0.3) is 0 Å². The van der Waals surface area contributed by atoms with Crippen molar-refractivity contribution in [1.82, 2.24) is 10.2 Å². The van der Waals surface area contributed by atoms with Crippen LogP contribution in [0, 0.1) is 0 Å². The van der Waals surface area contributed by atoms with Gasteiger partial charge in [-0.15, -0.1) is 0 Å². The Kier molecular flexibility index (Phi) is 7.21. The summed E-state index contributed by atoms with van der Waals surface area (Å²) >= 11 is 1.73. The van der Waals surface area contributed by atoms with Crippen molar-refractivity contribution in [3.63, 3.8) is 0 Å². The van der Waals surface area contributed by atoms with E-state index >= 15 is 0 Å². The summed E-state index contributed by atoms with van der Waals surface area (Å²) in [7, 11) is 4.02. The zero-order valence-electron chi connectivity index (χ0n) is 14.1. The Hall–Kier alpha value is -1.92. The highest BCUT2D eigenvalue weighted by atomic mass is 32.2. The predicted molar refractivity (Wildman–Crippen MR) is 97.1 cm³/mol. The highest BCUT2D eigenvalue weighted by Gasteiger charge is 2.05. The normalized spacial score (nSPS) is 11.0. The molecule has 130 valence electrons. The predicted octanol–water partition coefficient (Wildman–Crippen LogP) is 2.64. The first kappa shape index (κ1) is 18.4. The minimum atomic E-state index is -0.00689. The fourth-order valence-corrected chi connectivity index (χ4v) is 2.94. The Morgan fingerprint density at radius 2 is 1.88 bits per heavy atom. The first-order valence-corrected chi connectivity index (χ1v) is 9.03. The maximum atomic E-state index is 11.8. The van der Waals surface area contributed by atoms with E-state index in [0.29, 0.717) is 13.0 Å². The fraction of sp³-hybridized carbons (Fsp3) is 0.389. The topological polar surface area (TPSA) is 65.7 Å². The molecule has 2 N–H and O–H groups in total. The molecule has 0 radical (unpaired) electrons. The van der Waals surface area contributed by atoms with E-state index in [2.05, 4.69) is 10.2 Å². The quantitative estimate of drug-likeness (QED) is 0.682. The summed E-state index contributed by atoms with van der Waals surface area (Å²) in [4.78, 5) is 13.9. The second-order valence-corrected chi connectivity index (χ2v) is 6.96. The molecule has 0 aliphatic carbocycles. The van der Waals surface area contributed by atoms with E-state index in [1.165, 1.54) is 0 Å². The highest BCUT2D eigenvalue weighted by Crippen LogP contribution is 2.16. The van der Waals surface area contributed by atoms with Crippen molar-refractivity contribution in [2.75, 3.05) is 26.4 Å². The molecule has 0 saturated heterocycles. The Morgan fingerprint density at radius 3 is 2.58 bits per heavy atom. The molecule has 2 rings (SSSR count). The Bertz CT molecular complexity index is 638. The molecule has 0 fully saturated rings. The number of thioether (sulfide) groups is 1. The van der Waals surface area contributed by atoms with Crippen LogP contribution in [0.2, 0.25) is 0 Å². The van der Waals surface area contributed by atoms with Gasteiger partial charge in [-0.05, 0) is 43.9 Å². The van der Waals surface area contributed by atoms with Crippen LogP contribution < -0.4 is 5.32 Å². The van der Waals surface area contributed by atoms with Crippen molar-refractivity contribution in [3.05, 3.63) is 53.5 Å². The van der Waals surface area contributed by atoms with Gasteiger partial charge in [0.05, 0.1) is 18.7 Å². The molecule has 6 heteroatoms. The molecule has 24 heavy (non-hydrogen) atoms. The highest BCUT2D eigenvalue weighted by molar-refractivity contribution is 7.98. The maximum absolute atomic E-state index is 11.8. The van der Waals surface area contributed by atoms with Crippen molar-refractivity contribution >= 4 is 17.7 Å². The second-order valence-electron chi connectivity index (χ2n) is 5.85. The third-order valence-electron chi connectivity index (χ3n) is 3.30. The molecule has 0 atom stereocenters. The van der Waals surface area contributed by atoms with Gasteiger partial charge in [-0.1, -0.05) is 12.1 Å². The van der Waals surface area contributed by atoms with Crippen molar-refractivity contribution in [2.24, 2.45) is 0 Å². The Morgan fingerprint density at radius 1 is 1.17 bits per heavy atom. The van der Waals surface area contributed by atoms with Gasteiger partial charge >= 0.3 is 0 Å². The van der Waals surface area contributed by atoms with Gasteiger partial charge in [-0.3, -0.25) is 4.79 Å². The van der Waals surface area contributed by atoms with Gasteiger partial charge in [0, 0.05) is 12.3 Å². The number of benzene rings is 1. The van der Waals surface area contributed by atoms with Gasteiger partial charge in [0.15, 0.2) is 0 Å². The monoisotopic (exact) mass is 348 g/mol. The van der Waals surface area contributed by atoms with Crippen LogP contribution in [0.4, 0.5) is 0 Å². The molecule has 0 bridgehead atoms. The lowest BCUT2D eigenvalue weighted by atomic mass is 10.1. The van der Waals surface area contributed by atoms with Crippen LogP contribution in [0.1, 0.15) is 17.1 Å². The van der Waals surface area contributed by atoms with E-state index < -0.39 is 0 Å². The second kappa shape index (κ2) is 9.39. The lowest BCUT2D eigenvalue weighted by Gasteiger charge is -2.06. The molecular formula is C18H24N2O3S. The van der Waals surface area contributed by atoms with Gasteiger partial charge in [0.2, 0.25) is 5.91 Å². The first-order chi connectivity index (χ1) is 11.5. The number of hydrogen-bond donors (Lipinski definition) is 2. The maximum Gasteiger partial charge on any atom is 0.224 e. The van der Waals surface area contributed by atoms with E-state index in [-0.39, 0.29) is 11.7 Å². The molecule has 0 unspecified atom stereocenters. The summed E-state index contributed by atoms with van der Waals surface area (Å²) in [6.45, 7) is 1.44. The fourth-order valence-electron chi connectivity index (χ4n) is 2.19. The summed E-state index contributed by atoms with van der Waals surface area (Å²) in [5.74, 6) is 3.78. The smallest absolute Gasteiger partial charge is 0.224 e. The van der Waals surface area contributed by atoms with Crippen LogP contribution in [0.25, 0.3) is 0 Å². The summed E-state index contributed by atoms with van der Waals surface area (Å²) < 4.78 is 5.74. The Labute approximate surface area is 147 Å². The van der Waals surface area contributed by atoms with Crippen LogP contribution >= 0.6 is 11.8 Å². The number of nitrogens with zero attached hydrogens (tertiary/aromatic N) is 1. The largest absolute Gasteiger partial charge is 0.508 e. The molecule has 1 aromatic heterocycles. The van der Waals surface area contributed by atoms with Gasteiger partial charge in [0.1, 0.15) is 17.3 Å². The zero-order chi connectivity index (χ0) is 17.4. The minimum absolute atomic E-state index is 0.00689. The third kappa shape index (κ3) is 6.68. The number of aromatic hydroxyl groups is 1. The molecule has 1 amide bonds. The van der Waals surface area contributed by atoms with Crippen LogP contribution in [-0.4, -0.2) is 42.3 Å². The lowest BCUT2D eigenvalue weighted by molar-refractivity contribution is -0.120. The number of nitrogens with one attached hydrogen (secondary N) is 1. The van der Waals surface area contributed by atoms with Gasteiger partial charge in [-0.2, -0.15) is 11.8 Å². The average Bonchev–Trinajstić information content (AvgIpc) is 2.96. The van der Waals surface area contributed by atoms with Crippen molar-refractivity contribution in [2.45, 2.75) is 18.7 Å². The molecule has 0 spiro atoms. The van der Waals surface area contributed by atoms with Crippen LogP contribution in [-0.2, 0) is 23.5 Å². The van der Waals surface area contributed by atoms with Gasteiger partial charge < -0.3 is 19.7 Å². The summed E-state index contributed by atoms with van der Waals surface area (Å²) in [6, 6.07) is 10.7. The van der Waals surface area contributed by atoms with E-state index in [0.717, 1.165) is 35.1 Å². The average molecular weight is 348 g/mol. The SMILES string of the molecule is CN(C)Cc1ccc(CSCCNC(=O)Cc2ccc(O)cc2)o1. The van der Waals surface area contributed by atoms with E-state index in [1.807, 2.05) is 26.2 Å². The third-order valence-corrected chi connectivity index (χ3v) is 4.28. The minimum Gasteiger partial charge on any atom is -0.508 e. The molecule has 5 nitrogen and oxygen atoms in total. The van der Waals surface area contributed by atoms with E-state index in [1.54, 1.807) is 36.0 Å². The van der Waals surface area contributed by atoms with Crippen LogP contribution in [0.3, 0.4) is 0 Å². The zero-order valence-corrected chi connectivity index (χ0v) is 14.9. The van der Waals surface area contributed by atoms with Crippen molar-refractivity contribution in [1.29, 1.82) is 0 Å². The van der Waals surface area contributed by atoms with Crippen LogP contribution in [0.5, 0.6) is 5.75 Å². The number of carbonyl (C=O) groups excluding carboxylic acids is 1. The number of rotatable bonds is 9. The molecule has 0 saturated carbocycles. The molecule has 0 aliphatic heterocycles. The van der Waals surface area contributed by atoms with Crippen LogP contribution in [0.15, 0.2) is 40.8 Å². The van der Waals surface area contributed by atoms with Crippen molar-refractivity contribution < 1.29 is 14.3 Å². The van der Waals surface area contributed by atoms with Gasteiger partial charge in [-0.25, -0.2) is 0 Å². The molecule has 1 heterocycles. The lowest BCUT2D eigenvalue weighted by Crippen LogP contribution is -2.27. The van der Waals surface area contributed by atoms with Crippen molar-refractivity contribution in [3.8, 4) is 5.75 Å². The number of carbonyl (C=O) groups is 1.